The minimum absolute atomic E-state index is 0.0989. The van der Waals surface area contributed by atoms with Crippen molar-refractivity contribution in [1.29, 1.82) is 0 Å². The van der Waals surface area contributed by atoms with Gasteiger partial charge < -0.3 is 10.2 Å². The lowest BCUT2D eigenvalue weighted by Gasteiger charge is -2.31. The average molecular weight is 460 g/mol. The second-order valence-electron chi connectivity index (χ2n) is 7.32. The highest BCUT2D eigenvalue weighted by atomic mass is 32.1. The number of carbonyl (C=O) groups excluding carboxylic acids is 1. The number of anilines is 2. The van der Waals surface area contributed by atoms with Gasteiger partial charge in [-0.2, -0.15) is 18.3 Å². The van der Waals surface area contributed by atoms with Crippen LogP contribution in [0.1, 0.15) is 31.7 Å². The Balaban J connectivity index is 1.39. The molecule has 0 spiro atoms. The quantitative estimate of drug-likeness (QED) is 0.519. The first-order chi connectivity index (χ1) is 14.7. The van der Waals surface area contributed by atoms with E-state index in [-0.39, 0.29) is 18.4 Å². The number of hydroxylamine groups is 1. The third kappa shape index (κ3) is 6.40. The molecule has 3 heterocycles. The van der Waals surface area contributed by atoms with Crippen LogP contribution in [0, 0.1) is 5.92 Å². The third-order valence-corrected chi connectivity index (χ3v) is 5.67. The number of halogens is 3. The molecule has 2 aromatic heterocycles. The molecule has 2 aromatic rings. The molecule has 0 saturated carbocycles. The van der Waals surface area contributed by atoms with Crippen LogP contribution in [-0.4, -0.2) is 46.8 Å². The molecule has 0 unspecified atom stereocenters. The lowest BCUT2D eigenvalue weighted by molar-refractivity contribution is -0.138. The summed E-state index contributed by atoms with van der Waals surface area (Å²) in [7, 11) is 0. The van der Waals surface area contributed by atoms with Gasteiger partial charge in [0.25, 0.3) is 5.56 Å². The summed E-state index contributed by atoms with van der Waals surface area (Å²) >= 11 is 1.59. The van der Waals surface area contributed by atoms with E-state index in [1.54, 1.807) is 29.6 Å². The van der Waals surface area contributed by atoms with Gasteiger partial charge in [0.15, 0.2) is 5.13 Å². The molecule has 1 fully saturated rings. The number of thiazole rings is 1. The number of nitrogens with one attached hydrogen (secondary N) is 3. The predicted molar refractivity (Wildman–Crippen MR) is 109 cm³/mol. The van der Waals surface area contributed by atoms with E-state index in [0.29, 0.717) is 6.42 Å². The molecule has 1 amide bonds. The van der Waals surface area contributed by atoms with Gasteiger partial charge >= 0.3 is 6.18 Å². The van der Waals surface area contributed by atoms with Crippen LogP contribution in [0.3, 0.4) is 0 Å². The number of carbonyl (C=O) groups is 1. The highest BCUT2D eigenvalue weighted by molar-refractivity contribution is 7.13. The summed E-state index contributed by atoms with van der Waals surface area (Å²) in [6.07, 6.45) is -0.144. The summed E-state index contributed by atoms with van der Waals surface area (Å²) in [5.74, 6) is -0.0551. The van der Waals surface area contributed by atoms with Crippen molar-refractivity contribution in [1.82, 2.24) is 20.7 Å². The Bertz CT molecular complexity index is 913. The van der Waals surface area contributed by atoms with Crippen LogP contribution in [-0.2, 0) is 15.8 Å². The average Bonchev–Trinajstić information content (AvgIpc) is 3.22. The number of alkyl halides is 3. The summed E-state index contributed by atoms with van der Waals surface area (Å²) in [6, 6.07) is -0.619. The van der Waals surface area contributed by atoms with Crippen LogP contribution in [0.15, 0.2) is 22.6 Å². The number of aromatic amines is 1. The Morgan fingerprint density at radius 1 is 1.42 bits per heavy atom. The van der Waals surface area contributed by atoms with Crippen LogP contribution in [0.4, 0.5) is 24.0 Å². The SMILES string of the molecule is C[C@@H](CONC(=O)CC1CCN(c2nccs2)CC1)Nc1cn[nH]c(=O)c1C(F)(F)F. The van der Waals surface area contributed by atoms with Crippen LogP contribution in [0.2, 0.25) is 0 Å². The van der Waals surface area contributed by atoms with Crippen LogP contribution in [0.5, 0.6) is 0 Å². The maximum absolute atomic E-state index is 13.1. The van der Waals surface area contributed by atoms with E-state index in [1.165, 1.54) is 0 Å². The van der Waals surface area contributed by atoms with Crippen molar-refractivity contribution in [2.24, 2.45) is 5.92 Å². The lowest BCUT2D eigenvalue weighted by atomic mass is 9.93. The Kier molecular flexibility index (Phi) is 7.49. The molecule has 0 radical (unpaired) electrons. The largest absolute Gasteiger partial charge is 0.423 e. The van der Waals surface area contributed by atoms with Gasteiger partial charge in [0, 0.05) is 37.1 Å². The zero-order chi connectivity index (χ0) is 22.4. The normalized spacial score (nSPS) is 16.2. The molecular formula is C18H23F3N6O3S. The first kappa shape index (κ1) is 23.0. The summed E-state index contributed by atoms with van der Waals surface area (Å²) in [5.41, 5.74) is -0.812. The standard InChI is InChI=1S/C18H23F3N6O3S/c1-11(24-13-9-23-25-16(29)15(13)18(19,20)21)10-30-26-14(28)8-12-2-5-27(6-3-12)17-22-4-7-31-17/h4,7,9,11-12H,2-3,5-6,8,10H2,1H3,(H,26,28)(H2,24,25,29)/t11-/m0/s1. The number of rotatable bonds is 8. The number of amides is 1. The molecule has 9 nitrogen and oxygen atoms in total. The van der Waals surface area contributed by atoms with Gasteiger partial charge in [-0.3, -0.25) is 14.4 Å². The number of hydrogen-bond acceptors (Lipinski definition) is 8. The number of H-pyrrole nitrogens is 1. The summed E-state index contributed by atoms with van der Waals surface area (Å²) in [4.78, 5) is 35.2. The van der Waals surface area contributed by atoms with Crippen molar-refractivity contribution in [3.05, 3.63) is 33.7 Å². The Morgan fingerprint density at radius 3 is 2.81 bits per heavy atom. The van der Waals surface area contributed by atoms with Crippen molar-refractivity contribution >= 4 is 28.1 Å². The molecule has 1 aliphatic heterocycles. The van der Waals surface area contributed by atoms with E-state index in [2.05, 4.69) is 25.8 Å². The van der Waals surface area contributed by atoms with Crippen LogP contribution >= 0.6 is 11.3 Å². The van der Waals surface area contributed by atoms with Crippen molar-refractivity contribution in [3.63, 3.8) is 0 Å². The van der Waals surface area contributed by atoms with Crippen LogP contribution in [0.25, 0.3) is 0 Å². The minimum atomic E-state index is -4.83. The molecule has 3 rings (SSSR count). The molecule has 0 aromatic carbocycles. The van der Waals surface area contributed by atoms with Crippen molar-refractivity contribution in [2.45, 2.75) is 38.4 Å². The van der Waals surface area contributed by atoms with E-state index in [9.17, 15) is 22.8 Å². The fourth-order valence-corrected chi connectivity index (χ4v) is 4.04. The molecule has 1 atom stereocenters. The maximum atomic E-state index is 13.1. The summed E-state index contributed by atoms with van der Waals surface area (Å²) in [5, 5.41) is 10.6. The van der Waals surface area contributed by atoms with E-state index in [1.807, 2.05) is 5.38 Å². The monoisotopic (exact) mass is 460 g/mol. The molecule has 3 N–H and O–H groups in total. The molecule has 1 aliphatic rings. The van der Waals surface area contributed by atoms with Crippen molar-refractivity contribution < 1.29 is 22.8 Å². The fraction of sp³-hybridized carbons (Fsp3) is 0.556. The smallest absolute Gasteiger partial charge is 0.378 e. The third-order valence-electron chi connectivity index (χ3n) is 4.84. The lowest BCUT2D eigenvalue weighted by Crippen LogP contribution is -2.36. The zero-order valence-electron chi connectivity index (χ0n) is 16.7. The van der Waals surface area contributed by atoms with Gasteiger partial charge in [-0.25, -0.2) is 15.6 Å². The zero-order valence-corrected chi connectivity index (χ0v) is 17.6. The molecule has 1 saturated heterocycles. The van der Waals surface area contributed by atoms with E-state index < -0.39 is 29.0 Å². The highest BCUT2D eigenvalue weighted by Crippen LogP contribution is 2.31. The summed E-state index contributed by atoms with van der Waals surface area (Å²) in [6.45, 7) is 3.12. The van der Waals surface area contributed by atoms with Gasteiger partial charge in [0.1, 0.15) is 5.56 Å². The maximum Gasteiger partial charge on any atom is 0.423 e. The number of piperidine rings is 1. The fourth-order valence-electron chi connectivity index (χ4n) is 3.35. The second kappa shape index (κ2) is 10.1. The van der Waals surface area contributed by atoms with Gasteiger partial charge in [0.05, 0.1) is 18.5 Å². The molecule has 0 bridgehead atoms. The van der Waals surface area contributed by atoms with E-state index in [0.717, 1.165) is 37.3 Å². The predicted octanol–water partition coefficient (Wildman–Crippen LogP) is 2.40. The van der Waals surface area contributed by atoms with E-state index in [4.69, 9.17) is 4.84 Å². The van der Waals surface area contributed by atoms with Crippen LogP contribution < -0.4 is 21.3 Å². The first-order valence-corrected chi connectivity index (χ1v) is 10.6. The second-order valence-corrected chi connectivity index (χ2v) is 8.19. The number of aromatic nitrogens is 3. The topological polar surface area (TPSA) is 112 Å². The molecule has 31 heavy (non-hydrogen) atoms. The Hall–Kier alpha value is -2.67. The molecular weight excluding hydrogens is 437 g/mol. The van der Waals surface area contributed by atoms with E-state index >= 15 is 0 Å². The van der Waals surface area contributed by atoms with Gasteiger partial charge in [-0.15, -0.1) is 11.3 Å². The first-order valence-electron chi connectivity index (χ1n) is 9.70. The minimum Gasteiger partial charge on any atom is -0.378 e. The van der Waals surface area contributed by atoms with Gasteiger partial charge in [-0.1, -0.05) is 0 Å². The highest BCUT2D eigenvalue weighted by Gasteiger charge is 2.37. The Morgan fingerprint density at radius 2 is 2.16 bits per heavy atom. The van der Waals surface area contributed by atoms with Gasteiger partial charge in [-0.05, 0) is 25.7 Å². The Labute approximate surface area is 180 Å². The van der Waals surface area contributed by atoms with Gasteiger partial charge in [0.2, 0.25) is 5.91 Å². The van der Waals surface area contributed by atoms with Crippen molar-refractivity contribution in [2.75, 3.05) is 29.9 Å². The molecule has 13 heteroatoms. The molecule has 0 aliphatic carbocycles. The summed E-state index contributed by atoms with van der Waals surface area (Å²) < 4.78 is 39.2. The number of hydrogen-bond donors (Lipinski definition) is 3. The number of nitrogens with zero attached hydrogens (tertiary/aromatic N) is 3. The van der Waals surface area contributed by atoms with Crippen molar-refractivity contribution in [3.8, 4) is 0 Å². The molecule has 170 valence electrons.